The SMILES string of the molecule is C1CSCN1.O=S(=O)(O)O. The molecule has 7 heteroatoms. The van der Waals surface area contributed by atoms with Crippen LogP contribution in [0, 0.1) is 0 Å². The van der Waals surface area contributed by atoms with Crippen LogP contribution in [-0.2, 0) is 10.4 Å². The third-order valence-corrected chi connectivity index (χ3v) is 1.53. The van der Waals surface area contributed by atoms with Crippen molar-refractivity contribution in [2.75, 3.05) is 18.2 Å². The first-order valence-corrected chi connectivity index (χ1v) is 5.03. The van der Waals surface area contributed by atoms with Gasteiger partial charge in [-0.3, -0.25) is 9.11 Å². The summed E-state index contributed by atoms with van der Waals surface area (Å²) < 4.78 is 31.6. The molecule has 0 spiro atoms. The van der Waals surface area contributed by atoms with E-state index in [9.17, 15) is 0 Å². The van der Waals surface area contributed by atoms with Crippen LogP contribution in [0.25, 0.3) is 0 Å². The van der Waals surface area contributed by atoms with E-state index < -0.39 is 10.4 Å². The highest BCUT2D eigenvalue weighted by Gasteiger charge is 1.93. The van der Waals surface area contributed by atoms with E-state index in [1.54, 1.807) is 0 Å². The largest absolute Gasteiger partial charge is 0.394 e. The van der Waals surface area contributed by atoms with Gasteiger partial charge in [0, 0.05) is 18.2 Å². The van der Waals surface area contributed by atoms with Crippen LogP contribution in [0.2, 0.25) is 0 Å². The third-order valence-electron chi connectivity index (χ3n) is 0.627. The predicted molar refractivity (Wildman–Crippen MR) is 39.5 cm³/mol. The number of rotatable bonds is 0. The van der Waals surface area contributed by atoms with Gasteiger partial charge in [0.15, 0.2) is 0 Å². The molecule has 1 aliphatic heterocycles. The van der Waals surface area contributed by atoms with Crippen molar-refractivity contribution in [3.05, 3.63) is 0 Å². The Morgan fingerprint density at radius 3 is 2.00 bits per heavy atom. The molecule has 0 aromatic heterocycles. The van der Waals surface area contributed by atoms with Crippen molar-refractivity contribution >= 4 is 22.2 Å². The second kappa shape index (κ2) is 4.91. The molecule has 1 heterocycles. The first kappa shape index (κ1) is 10.2. The van der Waals surface area contributed by atoms with Crippen molar-refractivity contribution in [2.45, 2.75) is 0 Å². The Labute approximate surface area is 63.8 Å². The Hall–Kier alpha value is 0.180. The molecule has 10 heavy (non-hydrogen) atoms. The molecule has 0 bridgehead atoms. The summed E-state index contributed by atoms with van der Waals surface area (Å²) >= 11 is 1.96. The Kier molecular flexibility index (Phi) is 5.00. The Morgan fingerprint density at radius 2 is 1.90 bits per heavy atom. The summed E-state index contributed by atoms with van der Waals surface area (Å²) in [5.41, 5.74) is 0. The predicted octanol–water partition coefficient (Wildman–Crippen LogP) is -0.372. The summed E-state index contributed by atoms with van der Waals surface area (Å²) in [6.45, 7) is 1.21. The molecule has 0 aromatic rings. The fourth-order valence-corrected chi connectivity index (χ4v) is 1.08. The minimum absolute atomic E-state index is 1.17. The average molecular weight is 187 g/mol. The molecular formula is C3H9NO4S2. The highest BCUT2D eigenvalue weighted by atomic mass is 32.3. The molecule has 0 saturated carbocycles. The van der Waals surface area contributed by atoms with E-state index in [-0.39, 0.29) is 0 Å². The van der Waals surface area contributed by atoms with Crippen LogP contribution in [-0.4, -0.2) is 35.7 Å². The molecule has 1 rings (SSSR count). The van der Waals surface area contributed by atoms with Crippen molar-refractivity contribution < 1.29 is 17.5 Å². The van der Waals surface area contributed by atoms with Crippen LogP contribution in [0.15, 0.2) is 0 Å². The highest BCUT2D eigenvalue weighted by Crippen LogP contribution is 1.99. The first-order valence-electron chi connectivity index (χ1n) is 2.48. The van der Waals surface area contributed by atoms with Gasteiger partial charge in [-0.25, -0.2) is 0 Å². The molecule has 62 valence electrons. The van der Waals surface area contributed by atoms with E-state index in [1.807, 2.05) is 11.8 Å². The number of hydrogen-bond donors (Lipinski definition) is 3. The van der Waals surface area contributed by atoms with Gasteiger partial charge >= 0.3 is 10.4 Å². The van der Waals surface area contributed by atoms with Crippen LogP contribution < -0.4 is 5.32 Å². The third kappa shape index (κ3) is 15.7. The summed E-state index contributed by atoms with van der Waals surface area (Å²) in [5, 5.41) is 3.19. The van der Waals surface area contributed by atoms with Crippen LogP contribution in [0.3, 0.4) is 0 Å². The Balaban J connectivity index is 0.000000162. The maximum Gasteiger partial charge on any atom is 0.394 e. The van der Waals surface area contributed by atoms with Crippen molar-refractivity contribution in [3.63, 3.8) is 0 Å². The zero-order valence-electron chi connectivity index (χ0n) is 5.15. The summed E-state index contributed by atoms with van der Waals surface area (Å²) in [6.07, 6.45) is 0. The highest BCUT2D eigenvalue weighted by molar-refractivity contribution is 7.99. The van der Waals surface area contributed by atoms with Crippen LogP contribution in [0.4, 0.5) is 0 Å². The van der Waals surface area contributed by atoms with Gasteiger partial charge in [0.05, 0.1) is 0 Å². The molecule has 0 aliphatic carbocycles. The summed E-state index contributed by atoms with van der Waals surface area (Å²) in [7, 11) is -4.67. The van der Waals surface area contributed by atoms with Gasteiger partial charge in [0.25, 0.3) is 0 Å². The molecular weight excluding hydrogens is 178 g/mol. The van der Waals surface area contributed by atoms with E-state index >= 15 is 0 Å². The fourth-order valence-electron chi connectivity index (χ4n) is 0.361. The van der Waals surface area contributed by atoms with Gasteiger partial charge in [0.2, 0.25) is 0 Å². The van der Waals surface area contributed by atoms with Gasteiger partial charge in [-0.2, -0.15) is 8.42 Å². The minimum Gasteiger partial charge on any atom is -0.307 e. The molecule has 3 N–H and O–H groups in total. The Morgan fingerprint density at radius 1 is 1.40 bits per heavy atom. The van der Waals surface area contributed by atoms with Gasteiger partial charge in [-0.05, 0) is 0 Å². The lowest BCUT2D eigenvalue weighted by Gasteiger charge is -1.74. The molecule has 1 aliphatic rings. The standard InChI is InChI=1S/C3H7NS.H2O4S/c1-2-5-3-4-1;1-5(2,3)4/h4H,1-3H2;(H2,1,2,3,4). The first-order chi connectivity index (χ1) is 4.50. The quantitative estimate of drug-likeness (QED) is 0.448. The number of thioether (sulfide) groups is 1. The van der Waals surface area contributed by atoms with Crippen LogP contribution in [0.1, 0.15) is 0 Å². The maximum atomic E-state index is 8.74. The van der Waals surface area contributed by atoms with Gasteiger partial charge in [-0.15, -0.1) is 11.8 Å². The topological polar surface area (TPSA) is 86.6 Å². The number of hydrogen-bond acceptors (Lipinski definition) is 4. The smallest absolute Gasteiger partial charge is 0.307 e. The zero-order chi connectivity index (χ0) is 8.04. The second-order valence-electron chi connectivity index (χ2n) is 1.50. The van der Waals surface area contributed by atoms with Crippen molar-refractivity contribution in [1.82, 2.24) is 5.32 Å². The lowest BCUT2D eigenvalue weighted by molar-refractivity contribution is 0.381. The van der Waals surface area contributed by atoms with E-state index in [1.165, 1.54) is 18.2 Å². The van der Waals surface area contributed by atoms with Gasteiger partial charge in [0.1, 0.15) is 0 Å². The van der Waals surface area contributed by atoms with Gasteiger partial charge < -0.3 is 5.32 Å². The molecule has 0 radical (unpaired) electrons. The average Bonchev–Trinajstić information content (AvgIpc) is 2.07. The summed E-state index contributed by atoms with van der Waals surface area (Å²) in [6, 6.07) is 0. The van der Waals surface area contributed by atoms with Gasteiger partial charge in [-0.1, -0.05) is 0 Å². The van der Waals surface area contributed by atoms with Crippen LogP contribution in [0.5, 0.6) is 0 Å². The summed E-state index contributed by atoms with van der Waals surface area (Å²) in [5.74, 6) is 2.47. The lowest BCUT2D eigenvalue weighted by Crippen LogP contribution is -2.04. The van der Waals surface area contributed by atoms with Crippen molar-refractivity contribution in [2.24, 2.45) is 0 Å². The molecule has 5 nitrogen and oxygen atoms in total. The monoisotopic (exact) mass is 187 g/mol. The zero-order valence-corrected chi connectivity index (χ0v) is 6.78. The molecule has 0 unspecified atom stereocenters. The molecule has 1 saturated heterocycles. The van der Waals surface area contributed by atoms with E-state index in [0.717, 1.165) is 0 Å². The minimum atomic E-state index is -4.67. The van der Waals surface area contributed by atoms with E-state index in [4.69, 9.17) is 17.5 Å². The maximum absolute atomic E-state index is 8.74. The summed E-state index contributed by atoms with van der Waals surface area (Å²) in [4.78, 5) is 0. The van der Waals surface area contributed by atoms with E-state index in [0.29, 0.717) is 0 Å². The van der Waals surface area contributed by atoms with E-state index in [2.05, 4.69) is 5.32 Å². The second-order valence-corrected chi connectivity index (χ2v) is 3.50. The number of nitrogens with one attached hydrogen (secondary N) is 1. The lowest BCUT2D eigenvalue weighted by atomic mass is 10.8. The molecule has 0 aromatic carbocycles. The fraction of sp³-hybridized carbons (Fsp3) is 1.00. The molecule has 0 atom stereocenters. The molecule has 0 amide bonds. The normalized spacial score (nSPS) is 17.8. The Bertz CT molecular complexity index is 146. The van der Waals surface area contributed by atoms with Crippen molar-refractivity contribution in [3.8, 4) is 0 Å². The van der Waals surface area contributed by atoms with Crippen molar-refractivity contribution in [1.29, 1.82) is 0 Å². The van der Waals surface area contributed by atoms with Crippen LogP contribution >= 0.6 is 11.8 Å². The molecule has 1 fully saturated rings.